The van der Waals surface area contributed by atoms with Crippen LogP contribution in [0.5, 0.6) is 0 Å². The average Bonchev–Trinajstić information content (AvgIpc) is 2.05. The molecule has 0 bridgehead atoms. The Bertz CT molecular complexity index is 113. The zero-order valence-electron chi connectivity index (χ0n) is 9.64. The smallest absolute Gasteiger partial charge is 0.00387 e. The molecule has 0 aliphatic carbocycles. The molecule has 2 nitrogen and oxygen atoms in total. The maximum atomic E-state index is 5.69. The van der Waals surface area contributed by atoms with Crippen LogP contribution in [0.4, 0.5) is 0 Å². The highest BCUT2D eigenvalue weighted by molar-refractivity contribution is 4.69. The van der Waals surface area contributed by atoms with Gasteiger partial charge in [0.05, 0.1) is 0 Å². The third kappa shape index (κ3) is 6.05. The highest BCUT2D eigenvalue weighted by Gasteiger charge is 2.11. The number of nitrogens with two attached hydrogens (primary N) is 1. The van der Waals surface area contributed by atoms with E-state index in [1.165, 1.54) is 12.8 Å². The van der Waals surface area contributed by atoms with Gasteiger partial charge < -0.3 is 11.1 Å². The second-order valence-electron chi connectivity index (χ2n) is 4.34. The molecule has 2 heteroatoms. The second kappa shape index (κ2) is 7.34. The zero-order chi connectivity index (χ0) is 10.3. The van der Waals surface area contributed by atoms with Gasteiger partial charge in [-0.05, 0) is 38.3 Å². The Hall–Kier alpha value is -0.0800. The van der Waals surface area contributed by atoms with Crippen LogP contribution in [0.3, 0.4) is 0 Å². The Labute approximate surface area is 83.3 Å². The van der Waals surface area contributed by atoms with Gasteiger partial charge in [0, 0.05) is 6.04 Å². The Morgan fingerprint density at radius 2 is 1.85 bits per heavy atom. The lowest BCUT2D eigenvalue weighted by atomic mass is 9.95. The summed E-state index contributed by atoms with van der Waals surface area (Å²) in [5.74, 6) is 1.31. The van der Waals surface area contributed by atoms with Crippen molar-refractivity contribution in [1.82, 2.24) is 5.32 Å². The lowest BCUT2D eigenvalue weighted by Gasteiger charge is -2.22. The first-order valence-electron chi connectivity index (χ1n) is 5.55. The molecule has 0 aromatic carbocycles. The molecule has 80 valence electrons. The first kappa shape index (κ1) is 12.9. The van der Waals surface area contributed by atoms with Gasteiger partial charge in [0.25, 0.3) is 0 Å². The summed E-state index contributed by atoms with van der Waals surface area (Å²) in [4.78, 5) is 0. The van der Waals surface area contributed by atoms with Crippen LogP contribution >= 0.6 is 0 Å². The van der Waals surface area contributed by atoms with Gasteiger partial charge in [0.1, 0.15) is 0 Å². The van der Waals surface area contributed by atoms with E-state index in [4.69, 9.17) is 5.73 Å². The van der Waals surface area contributed by atoms with E-state index in [1.54, 1.807) is 0 Å². The lowest BCUT2D eigenvalue weighted by Crippen LogP contribution is -2.36. The van der Waals surface area contributed by atoms with E-state index in [9.17, 15) is 0 Å². The normalized spacial score (nSPS) is 16.2. The number of hydrogen-bond donors (Lipinski definition) is 2. The summed E-state index contributed by atoms with van der Waals surface area (Å²) in [7, 11) is 0. The van der Waals surface area contributed by atoms with E-state index in [0.717, 1.165) is 13.1 Å². The van der Waals surface area contributed by atoms with Gasteiger partial charge >= 0.3 is 0 Å². The summed E-state index contributed by atoms with van der Waals surface area (Å²) in [6.45, 7) is 10.8. The molecule has 2 atom stereocenters. The maximum absolute atomic E-state index is 5.69. The SMILES string of the molecule is CCCC(C)NCC(CN)C(C)C. The van der Waals surface area contributed by atoms with Crippen molar-refractivity contribution < 1.29 is 0 Å². The molecule has 0 rings (SSSR count). The first-order chi connectivity index (χ1) is 6.11. The Morgan fingerprint density at radius 1 is 1.23 bits per heavy atom. The van der Waals surface area contributed by atoms with Crippen LogP contribution in [0.2, 0.25) is 0 Å². The fraction of sp³-hybridized carbons (Fsp3) is 1.00. The highest BCUT2D eigenvalue weighted by atomic mass is 14.9. The molecule has 0 aromatic heterocycles. The van der Waals surface area contributed by atoms with E-state index >= 15 is 0 Å². The summed E-state index contributed by atoms with van der Waals surface area (Å²) >= 11 is 0. The number of rotatable bonds is 7. The largest absolute Gasteiger partial charge is 0.330 e. The fourth-order valence-corrected chi connectivity index (χ4v) is 1.48. The first-order valence-corrected chi connectivity index (χ1v) is 5.55. The Kier molecular flexibility index (Phi) is 7.29. The summed E-state index contributed by atoms with van der Waals surface area (Å²) in [6, 6.07) is 0.637. The van der Waals surface area contributed by atoms with E-state index in [1.807, 2.05) is 0 Å². The van der Waals surface area contributed by atoms with Crippen LogP contribution in [-0.4, -0.2) is 19.1 Å². The summed E-state index contributed by atoms with van der Waals surface area (Å²) in [5.41, 5.74) is 5.69. The van der Waals surface area contributed by atoms with Crippen LogP contribution in [-0.2, 0) is 0 Å². The van der Waals surface area contributed by atoms with Crippen LogP contribution < -0.4 is 11.1 Å². The molecule has 3 N–H and O–H groups in total. The van der Waals surface area contributed by atoms with Crippen molar-refractivity contribution in [2.75, 3.05) is 13.1 Å². The maximum Gasteiger partial charge on any atom is 0.00387 e. The van der Waals surface area contributed by atoms with E-state index in [0.29, 0.717) is 17.9 Å². The third-order valence-corrected chi connectivity index (χ3v) is 2.70. The molecule has 0 spiro atoms. The van der Waals surface area contributed by atoms with Gasteiger partial charge in [-0.15, -0.1) is 0 Å². The molecule has 13 heavy (non-hydrogen) atoms. The molecule has 2 unspecified atom stereocenters. The van der Waals surface area contributed by atoms with Crippen molar-refractivity contribution in [3.8, 4) is 0 Å². The van der Waals surface area contributed by atoms with Gasteiger partial charge in [-0.3, -0.25) is 0 Å². The van der Waals surface area contributed by atoms with Crippen LogP contribution in [0.1, 0.15) is 40.5 Å². The molecule has 0 aromatic rings. The van der Waals surface area contributed by atoms with Gasteiger partial charge in [0.2, 0.25) is 0 Å². The molecule has 0 heterocycles. The Morgan fingerprint density at radius 3 is 2.23 bits per heavy atom. The molecule has 0 aliphatic heterocycles. The van der Waals surface area contributed by atoms with Crippen molar-refractivity contribution in [3.63, 3.8) is 0 Å². The molecular weight excluding hydrogens is 160 g/mol. The van der Waals surface area contributed by atoms with E-state index < -0.39 is 0 Å². The third-order valence-electron chi connectivity index (χ3n) is 2.70. The van der Waals surface area contributed by atoms with E-state index in [2.05, 4.69) is 33.0 Å². The van der Waals surface area contributed by atoms with Gasteiger partial charge in [-0.25, -0.2) is 0 Å². The molecule has 0 fully saturated rings. The monoisotopic (exact) mass is 186 g/mol. The zero-order valence-corrected chi connectivity index (χ0v) is 9.64. The van der Waals surface area contributed by atoms with Gasteiger partial charge in [-0.1, -0.05) is 27.2 Å². The van der Waals surface area contributed by atoms with Crippen molar-refractivity contribution in [1.29, 1.82) is 0 Å². The minimum absolute atomic E-state index is 0.624. The molecule has 0 radical (unpaired) electrons. The summed E-state index contributed by atoms with van der Waals surface area (Å²) < 4.78 is 0. The molecule has 0 amide bonds. The fourth-order valence-electron chi connectivity index (χ4n) is 1.48. The topological polar surface area (TPSA) is 38.0 Å². The number of hydrogen-bond acceptors (Lipinski definition) is 2. The predicted octanol–water partition coefficient (Wildman–Crippen LogP) is 2.00. The summed E-state index contributed by atoms with van der Waals surface area (Å²) in [6.07, 6.45) is 2.51. The van der Waals surface area contributed by atoms with Crippen molar-refractivity contribution >= 4 is 0 Å². The molecular formula is C11H26N2. The van der Waals surface area contributed by atoms with Crippen molar-refractivity contribution in [2.45, 2.75) is 46.6 Å². The minimum Gasteiger partial charge on any atom is -0.330 e. The Balaban J connectivity index is 3.59. The second-order valence-corrected chi connectivity index (χ2v) is 4.34. The van der Waals surface area contributed by atoms with Crippen molar-refractivity contribution in [2.24, 2.45) is 17.6 Å². The average molecular weight is 186 g/mol. The molecule has 0 saturated carbocycles. The van der Waals surface area contributed by atoms with Crippen LogP contribution in [0.25, 0.3) is 0 Å². The van der Waals surface area contributed by atoms with Crippen molar-refractivity contribution in [3.05, 3.63) is 0 Å². The molecule has 0 aliphatic rings. The van der Waals surface area contributed by atoms with Gasteiger partial charge in [-0.2, -0.15) is 0 Å². The van der Waals surface area contributed by atoms with Crippen LogP contribution in [0.15, 0.2) is 0 Å². The standard InChI is InChI=1S/C11H26N2/c1-5-6-10(4)13-8-11(7-12)9(2)3/h9-11,13H,5-8,12H2,1-4H3. The minimum atomic E-state index is 0.624. The predicted molar refractivity (Wildman–Crippen MR) is 59.8 cm³/mol. The quantitative estimate of drug-likeness (QED) is 0.638. The summed E-state index contributed by atoms with van der Waals surface area (Å²) in [5, 5.41) is 3.54. The van der Waals surface area contributed by atoms with Crippen LogP contribution in [0, 0.1) is 11.8 Å². The van der Waals surface area contributed by atoms with E-state index in [-0.39, 0.29) is 0 Å². The highest BCUT2D eigenvalue weighted by Crippen LogP contribution is 2.08. The molecule has 0 saturated heterocycles. The van der Waals surface area contributed by atoms with Gasteiger partial charge in [0.15, 0.2) is 0 Å². The lowest BCUT2D eigenvalue weighted by molar-refractivity contribution is 0.349. The number of nitrogens with one attached hydrogen (secondary N) is 1.